The van der Waals surface area contributed by atoms with E-state index in [0.717, 1.165) is 16.9 Å². The van der Waals surface area contributed by atoms with Gasteiger partial charge in [-0.25, -0.2) is 0 Å². The molecule has 2 aromatic carbocycles. The van der Waals surface area contributed by atoms with Crippen molar-refractivity contribution < 1.29 is 4.74 Å². The molecule has 6 heteroatoms. The van der Waals surface area contributed by atoms with Gasteiger partial charge in [0.2, 0.25) is 4.96 Å². The van der Waals surface area contributed by atoms with Gasteiger partial charge in [-0.05, 0) is 35.9 Å². The summed E-state index contributed by atoms with van der Waals surface area (Å²) in [5.41, 5.74) is 1.74. The van der Waals surface area contributed by atoms with E-state index < -0.39 is 0 Å². The molecule has 4 rings (SSSR count). The van der Waals surface area contributed by atoms with E-state index in [1.807, 2.05) is 66.7 Å². The molecule has 4 aromatic rings. The zero-order valence-electron chi connectivity index (χ0n) is 15.0. The fourth-order valence-electron chi connectivity index (χ4n) is 2.64. The summed E-state index contributed by atoms with van der Waals surface area (Å²) < 4.78 is 7.42. The highest BCUT2D eigenvalue weighted by atomic mass is 32.1. The van der Waals surface area contributed by atoms with E-state index in [1.54, 1.807) is 12.2 Å². The lowest BCUT2D eigenvalue weighted by molar-refractivity contribution is 0.363. The Morgan fingerprint density at radius 3 is 2.61 bits per heavy atom. The van der Waals surface area contributed by atoms with Crippen LogP contribution in [-0.4, -0.2) is 21.2 Å². The van der Waals surface area contributed by atoms with Crippen LogP contribution in [0.25, 0.3) is 28.5 Å². The largest absolute Gasteiger partial charge is 0.490 e. The van der Waals surface area contributed by atoms with Gasteiger partial charge in [-0.1, -0.05) is 66.5 Å². The van der Waals surface area contributed by atoms with Crippen molar-refractivity contribution in [3.63, 3.8) is 0 Å². The molecule has 0 radical (unpaired) electrons. The van der Waals surface area contributed by atoms with Crippen LogP contribution in [0.15, 0.2) is 78.1 Å². The molecule has 0 atom stereocenters. The molecule has 0 saturated carbocycles. The lowest BCUT2D eigenvalue weighted by atomic mass is 10.2. The molecule has 0 aliphatic carbocycles. The van der Waals surface area contributed by atoms with E-state index in [0.29, 0.717) is 21.9 Å². The van der Waals surface area contributed by atoms with E-state index in [2.05, 4.69) is 16.7 Å². The molecule has 0 aliphatic heterocycles. The molecule has 138 valence electrons. The highest BCUT2D eigenvalue weighted by molar-refractivity contribution is 7.15. The average molecular weight is 387 g/mol. The summed E-state index contributed by atoms with van der Waals surface area (Å²) in [7, 11) is 0. The van der Waals surface area contributed by atoms with Gasteiger partial charge in [0.15, 0.2) is 5.82 Å². The van der Waals surface area contributed by atoms with Crippen molar-refractivity contribution in [1.82, 2.24) is 14.6 Å². The number of hydrogen-bond acceptors (Lipinski definition) is 5. The third-order valence-corrected chi connectivity index (χ3v) is 4.98. The predicted molar refractivity (Wildman–Crippen MR) is 113 cm³/mol. The van der Waals surface area contributed by atoms with E-state index in [9.17, 15) is 4.79 Å². The van der Waals surface area contributed by atoms with Gasteiger partial charge in [-0.15, -0.1) is 5.10 Å². The molecule has 0 amide bonds. The lowest BCUT2D eigenvalue weighted by Crippen LogP contribution is -2.23. The number of thiazole rings is 1. The standard InChI is InChI=1S/C22H17N3O2S/c1-2-15-27-18-13-11-17(12-14-18)20-23-22-25(24-20)21(26)19(28-22)10-6-9-16-7-4-3-5-8-16/h2-14H,1,15H2. The molecule has 2 aromatic heterocycles. The van der Waals surface area contributed by atoms with E-state index in [-0.39, 0.29) is 5.56 Å². The van der Waals surface area contributed by atoms with Crippen LogP contribution in [0.5, 0.6) is 5.75 Å². The highest BCUT2D eigenvalue weighted by Crippen LogP contribution is 2.20. The number of nitrogens with zero attached hydrogens (tertiary/aromatic N) is 3. The normalized spacial score (nSPS) is 12.1. The Morgan fingerprint density at radius 2 is 1.89 bits per heavy atom. The van der Waals surface area contributed by atoms with Crippen molar-refractivity contribution in [1.29, 1.82) is 0 Å². The number of hydrogen-bond donors (Lipinski definition) is 0. The van der Waals surface area contributed by atoms with E-state index in [4.69, 9.17) is 4.74 Å². The summed E-state index contributed by atoms with van der Waals surface area (Å²) >= 11 is 1.32. The smallest absolute Gasteiger partial charge is 0.291 e. The number of fused-ring (bicyclic) bond motifs is 1. The van der Waals surface area contributed by atoms with Gasteiger partial charge < -0.3 is 4.74 Å². The first kappa shape index (κ1) is 17.9. The summed E-state index contributed by atoms with van der Waals surface area (Å²) in [6.07, 6.45) is 7.31. The van der Waals surface area contributed by atoms with Gasteiger partial charge in [0, 0.05) is 5.56 Å². The molecular formula is C22H17N3O2S. The molecule has 2 heterocycles. The molecule has 0 N–H and O–H groups in total. The van der Waals surface area contributed by atoms with Crippen molar-refractivity contribution in [2.24, 2.45) is 0 Å². The average Bonchev–Trinajstić information content (AvgIpc) is 3.27. The second-order valence-electron chi connectivity index (χ2n) is 5.96. The summed E-state index contributed by atoms with van der Waals surface area (Å²) in [4.78, 5) is 17.6. The maximum Gasteiger partial charge on any atom is 0.291 e. The molecule has 0 unspecified atom stereocenters. The van der Waals surface area contributed by atoms with Crippen LogP contribution in [0.3, 0.4) is 0 Å². The highest BCUT2D eigenvalue weighted by Gasteiger charge is 2.11. The molecule has 0 saturated heterocycles. The van der Waals surface area contributed by atoms with Crippen LogP contribution in [-0.2, 0) is 0 Å². The fraction of sp³-hybridized carbons (Fsp3) is 0.0455. The van der Waals surface area contributed by atoms with Gasteiger partial charge in [-0.2, -0.15) is 9.50 Å². The van der Waals surface area contributed by atoms with Gasteiger partial charge in [-0.3, -0.25) is 4.79 Å². The fourth-order valence-corrected chi connectivity index (χ4v) is 3.50. The minimum absolute atomic E-state index is 0.164. The number of allylic oxidation sites excluding steroid dienone is 1. The molecule has 0 bridgehead atoms. The number of rotatable bonds is 6. The lowest BCUT2D eigenvalue weighted by Gasteiger charge is -2.02. The summed E-state index contributed by atoms with van der Waals surface area (Å²) in [5.74, 6) is 1.27. The molecule has 28 heavy (non-hydrogen) atoms. The topological polar surface area (TPSA) is 56.5 Å². The Balaban J connectivity index is 1.59. The van der Waals surface area contributed by atoms with Crippen LogP contribution in [0, 0.1) is 0 Å². The summed E-state index contributed by atoms with van der Waals surface area (Å²) in [6.45, 7) is 4.08. The molecular weight excluding hydrogens is 370 g/mol. The van der Waals surface area contributed by atoms with Crippen molar-refractivity contribution in [2.45, 2.75) is 0 Å². The van der Waals surface area contributed by atoms with Gasteiger partial charge in [0.05, 0.1) is 4.53 Å². The third kappa shape index (κ3) is 3.77. The first-order valence-corrected chi connectivity index (χ1v) is 9.53. The maximum atomic E-state index is 12.6. The minimum atomic E-state index is -0.164. The van der Waals surface area contributed by atoms with Crippen LogP contribution in [0.2, 0.25) is 0 Å². The van der Waals surface area contributed by atoms with Crippen molar-refractivity contribution in [2.75, 3.05) is 6.61 Å². The van der Waals surface area contributed by atoms with E-state index in [1.165, 1.54) is 15.9 Å². The second-order valence-corrected chi connectivity index (χ2v) is 6.97. The zero-order chi connectivity index (χ0) is 19.3. The number of ether oxygens (including phenoxy) is 1. The monoisotopic (exact) mass is 387 g/mol. The van der Waals surface area contributed by atoms with Gasteiger partial charge >= 0.3 is 0 Å². The molecule has 0 fully saturated rings. The zero-order valence-corrected chi connectivity index (χ0v) is 15.8. The van der Waals surface area contributed by atoms with Gasteiger partial charge in [0.25, 0.3) is 5.56 Å². The van der Waals surface area contributed by atoms with Crippen LogP contribution in [0.1, 0.15) is 5.56 Å². The van der Waals surface area contributed by atoms with Crippen LogP contribution < -0.4 is 14.8 Å². The van der Waals surface area contributed by atoms with E-state index >= 15 is 0 Å². The first-order chi connectivity index (χ1) is 13.7. The summed E-state index contributed by atoms with van der Waals surface area (Å²) in [6, 6.07) is 17.4. The van der Waals surface area contributed by atoms with Gasteiger partial charge in [0.1, 0.15) is 12.4 Å². The maximum absolute atomic E-state index is 12.6. The Hall–Kier alpha value is -3.51. The van der Waals surface area contributed by atoms with Crippen molar-refractivity contribution >= 4 is 28.4 Å². The molecule has 0 spiro atoms. The second kappa shape index (κ2) is 8.02. The Bertz CT molecular complexity index is 1240. The quantitative estimate of drug-likeness (QED) is 0.475. The Labute approximate surface area is 165 Å². The summed E-state index contributed by atoms with van der Waals surface area (Å²) in [5, 5.41) is 4.36. The number of benzene rings is 2. The Kier molecular flexibility index (Phi) is 5.12. The molecule has 0 aliphatic rings. The molecule has 5 nitrogen and oxygen atoms in total. The third-order valence-electron chi connectivity index (χ3n) is 4.00. The van der Waals surface area contributed by atoms with Crippen molar-refractivity contribution in [3.8, 4) is 17.1 Å². The minimum Gasteiger partial charge on any atom is -0.490 e. The number of aromatic nitrogens is 3. The van der Waals surface area contributed by atoms with Crippen LogP contribution in [0.4, 0.5) is 0 Å². The SMILES string of the molecule is C=CCOc1ccc(-c2nc3sc(=CC=Cc4ccccc4)c(=O)n3n2)cc1. The Morgan fingerprint density at radius 1 is 1.11 bits per heavy atom. The van der Waals surface area contributed by atoms with Crippen LogP contribution >= 0.6 is 11.3 Å². The predicted octanol–water partition coefficient (Wildman–Crippen LogP) is 3.60. The first-order valence-electron chi connectivity index (χ1n) is 8.72. The van der Waals surface area contributed by atoms with Crippen molar-refractivity contribution in [3.05, 3.63) is 93.8 Å².